The number of rotatable bonds is 5. The molecule has 0 aliphatic carbocycles. The van der Waals surface area contributed by atoms with Crippen LogP contribution in [0.25, 0.3) is 0 Å². The van der Waals surface area contributed by atoms with E-state index in [0.29, 0.717) is 6.42 Å². The van der Waals surface area contributed by atoms with Crippen LogP contribution in [-0.2, 0) is 16.8 Å². The quantitative estimate of drug-likeness (QED) is 0.764. The fourth-order valence-electron chi connectivity index (χ4n) is 1.28. The van der Waals surface area contributed by atoms with E-state index in [1.165, 1.54) is 14.1 Å². The van der Waals surface area contributed by atoms with Gasteiger partial charge in [0.1, 0.15) is 0 Å². The number of hydrogen-bond acceptors (Lipinski definition) is 3. The van der Waals surface area contributed by atoms with Crippen molar-refractivity contribution in [2.24, 2.45) is 0 Å². The Kier molecular flexibility index (Phi) is 5.99. The van der Waals surface area contributed by atoms with Gasteiger partial charge < -0.3 is 5.11 Å². The van der Waals surface area contributed by atoms with E-state index in [0.717, 1.165) is 15.4 Å². The van der Waals surface area contributed by atoms with Crippen molar-refractivity contribution in [1.82, 2.24) is 9.03 Å². The first-order chi connectivity index (χ1) is 8.95. The van der Waals surface area contributed by atoms with Crippen LogP contribution in [0.5, 0.6) is 0 Å². The third-order valence-corrected chi connectivity index (χ3v) is 3.81. The number of aliphatic hydroxyl groups excluding tert-OH is 1. The fourth-order valence-corrected chi connectivity index (χ4v) is 1.89. The fraction of sp³-hybridized carbons (Fsp3) is 0.385. The number of hydrogen-bond donors (Lipinski definition) is 2. The van der Waals surface area contributed by atoms with E-state index >= 15 is 0 Å². The molecule has 1 rings (SSSR count). The number of aliphatic hydroxyl groups is 1. The van der Waals surface area contributed by atoms with E-state index in [4.69, 9.17) is 5.11 Å². The standard InChI is InChI=1S/C13H18N2O3S/c1-15(2)19(17,18)14-11-13-8-5-7-12(10-13)6-3-4-9-16/h5,7-8,10,14,16H,4,9,11H2,1-2H3. The van der Waals surface area contributed by atoms with Crippen molar-refractivity contribution in [3.8, 4) is 11.8 Å². The molecule has 0 aliphatic heterocycles. The van der Waals surface area contributed by atoms with Crippen molar-refractivity contribution in [3.05, 3.63) is 35.4 Å². The van der Waals surface area contributed by atoms with Crippen molar-refractivity contribution < 1.29 is 13.5 Å². The van der Waals surface area contributed by atoms with Gasteiger partial charge in [0.05, 0.1) is 6.61 Å². The van der Waals surface area contributed by atoms with Gasteiger partial charge in [-0.1, -0.05) is 24.0 Å². The van der Waals surface area contributed by atoms with E-state index in [2.05, 4.69) is 16.6 Å². The third-order valence-electron chi connectivity index (χ3n) is 2.34. The maximum Gasteiger partial charge on any atom is 0.279 e. The highest BCUT2D eigenvalue weighted by Gasteiger charge is 2.11. The molecule has 19 heavy (non-hydrogen) atoms. The Morgan fingerprint density at radius 3 is 2.74 bits per heavy atom. The summed E-state index contributed by atoms with van der Waals surface area (Å²) in [6.45, 7) is 0.255. The van der Waals surface area contributed by atoms with Gasteiger partial charge in [0.2, 0.25) is 0 Å². The smallest absolute Gasteiger partial charge is 0.279 e. The van der Waals surface area contributed by atoms with Crippen LogP contribution in [0.1, 0.15) is 17.5 Å². The molecule has 0 bridgehead atoms. The van der Waals surface area contributed by atoms with Crippen LogP contribution in [0.2, 0.25) is 0 Å². The second-order valence-electron chi connectivity index (χ2n) is 4.08. The predicted octanol–water partition coefficient (Wildman–Crippen LogP) is 0.316. The Hall–Kier alpha value is -1.39. The van der Waals surface area contributed by atoms with Crippen molar-refractivity contribution in [2.45, 2.75) is 13.0 Å². The summed E-state index contributed by atoms with van der Waals surface area (Å²) in [5.74, 6) is 5.73. The minimum atomic E-state index is -3.42. The first-order valence-electron chi connectivity index (χ1n) is 5.81. The maximum absolute atomic E-state index is 11.6. The molecule has 6 heteroatoms. The highest BCUT2D eigenvalue weighted by Crippen LogP contribution is 2.05. The molecule has 0 atom stereocenters. The van der Waals surface area contributed by atoms with E-state index in [9.17, 15) is 8.42 Å². The molecule has 5 nitrogen and oxygen atoms in total. The molecular formula is C13H18N2O3S. The molecule has 0 fully saturated rings. The van der Waals surface area contributed by atoms with E-state index in [1.54, 1.807) is 0 Å². The molecule has 2 N–H and O–H groups in total. The number of nitrogens with zero attached hydrogens (tertiary/aromatic N) is 1. The molecule has 0 unspecified atom stereocenters. The molecule has 1 aromatic rings. The van der Waals surface area contributed by atoms with Gasteiger partial charge in [-0.15, -0.1) is 0 Å². The highest BCUT2D eigenvalue weighted by molar-refractivity contribution is 7.87. The lowest BCUT2D eigenvalue weighted by Crippen LogP contribution is -2.35. The molecule has 0 saturated heterocycles. The monoisotopic (exact) mass is 282 g/mol. The predicted molar refractivity (Wildman–Crippen MR) is 74.5 cm³/mol. The first kappa shape index (κ1) is 15.7. The summed E-state index contributed by atoms with van der Waals surface area (Å²) < 4.78 is 26.7. The summed E-state index contributed by atoms with van der Waals surface area (Å²) in [4.78, 5) is 0. The Balaban J connectivity index is 2.71. The molecule has 104 valence electrons. The van der Waals surface area contributed by atoms with E-state index in [-0.39, 0.29) is 13.2 Å². The Morgan fingerprint density at radius 1 is 1.37 bits per heavy atom. The molecular weight excluding hydrogens is 264 g/mol. The Bertz CT molecular complexity index is 571. The molecule has 0 radical (unpaired) electrons. The summed E-state index contributed by atoms with van der Waals surface area (Å²) >= 11 is 0. The van der Waals surface area contributed by atoms with Crippen molar-refractivity contribution in [2.75, 3.05) is 20.7 Å². The van der Waals surface area contributed by atoms with Gasteiger partial charge in [-0.2, -0.15) is 17.4 Å². The summed E-state index contributed by atoms with van der Waals surface area (Å²) in [7, 11) is -0.473. The van der Waals surface area contributed by atoms with Crippen molar-refractivity contribution in [1.29, 1.82) is 0 Å². The Morgan fingerprint density at radius 2 is 2.11 bits per heavy atom. The molecule has 0 spiro atoms. The van der Waals surface area contributed by atoms with Gasteiger partial charge in [0, 0.05) is 32.6 Å². The van der Waals surface area contributed by atoms with Crippen molar-refractivity contribution >= 4 is 10.2 Å². The Labute approximate surface area is 114 Å². The zero-order valence-electron chi connectivity index (χ0n) is 11.0. The van der Waals surface area contributed by atoms with Crippen LogP contribution in [0, 0.1) is 11.8 Å². The highest BCUT2D eigenvalue weighted by atomic mass is 32.2. The number of nitrogens with one attached hydrogen (secondary N) is 1. The minimum absolute atomic E-state index is 0.0370. The zero-order chi connectivity index (χ0) is 14.3. The summed E-state index contributed by atoms with van der Waals surface area (Å²) in [5, 5.41) is 8.64. The first-order valence-corrected chi connectivity index (χ1v) is 7.25. The van der Waals surface area contributed by atoms with Gasteiger partial charge in [-0.05, 0) is 17.7 Å². The third kappa shape index (κ3) is 5.41. The van der Waals surface area contributed by atoms with Crippen LogP contribution < -0.4 is 4.72 Å². The van der Waals surface area contributed by atoms with Crippen LogP contribution in [0.4, 0.5) is 0 Å². The maximum atomic E-state index is 11.6. The second-order valence-corrected chi connectivity index (χ2v) is 6.05. The minimum Gasteiger partial charge on any atom is -0.395 e. The molecule has 1 aromatic carbocycles. The molecule has 0 heterocycles. The van der Waals surface area contributed by atoms with Crippen LogP contribution in [-0.4, -0.2) is 38.5 Å². The van der Waals surface area contributed by atoms with E-state index < -0.39 is 10.2 Å². The zero-order valence-corrected chi connectivity index (χ0v) is 11.9. The van der Waals surface area contributed by atoms with Gasteiger partial charge >= 0.3 is 0 Å². The lowest BCUT2D eigenvalue weighted by molar-refractivity contribution is 0.305. The average Bonchev–Trinajstić information content (AvgIpc) is 2.37. The van der Waals surface area contributed by atoms with Gasteiger partial charge in [-0.25, -0.2) is 0 Å². The van der Waals surface area contributed by atoms with Crippen molar-refractivity contribution in [3.63, 3.8) is 0 Å². The van der Waals surface area contributed by atoms with Gasteiger partial charge in [-0.3, -0.25) is 0 Å². The van der Waals surface area contributed by atoms with E-state index in [1.807, 2.05) is 24.3 Å². The summed E-state index contributed by atoms with van der Waals surface area (Å²) in [6, 6.07) is 7.31. The van der Waals surface area contributed by atoms with Crippen LogP contribution in [0.3, 0.4) is 0 Å². The lowest BCUT2D eigenvalue weighted by atomic mass is 10.1. The molecule has 0 aromatic heterocycles. The van der Waals surface area contributed by atoms with Gasteiger partial charge in [0.25, 0.3) is 10.2 Å². The SMILES string of the molecule is CN(C)S(=O)(=O)NCc1cccc(C#CCCO)c1. The lowest BCUT2D eigenvalue weighted by Gasteiger charge is -2.12. The van der Waals surface area contributed by atoms with Crippen LogP contribution >= 0.6 is 0 Å². The molecule has 0 aliphatic rings. The largest absolute Gasteiger partial charge is 0.395 e. The number of benzene rings is 1. The summed E-state index contributed by atoms with van der Waals surface area (Å²) in [5.41, 5.74) is 1.64. The molecule has 0 saturated carbocycles. The normalized spacial score (nSPS) is 11.2. The summed E-state index contributed by atoms with van der Waals surface area (Å²) in [6.07, 6.45) is 0.428. The average molecular weight is 282 g/mol. The second kappa shape index (κ2) is 7.26. The van der Waals surface area contributed by atoms with Gasteiger partial charge in [0.15, 0.2) is 0 Å². The topological polar surface area (TPSA) is 69.6 Å². The molecule has 0 amide bonds. The van der Waals surface area contributed by atoms with Crippen LogP contribution in [0.15, 0.2) is 24.3 Å².